The van der Waals surface area contributed by atoms with Crippen LogP contribution in [0, 0.1) is 12.4 Å². The van der Waals surface area contributed by atoms with E-state index in [0.29, 0.717) is 54.4 Å². The maximum Gasteiger partial charge on any atom is 0.490 e. The van der Waals surface area contributed by atoms with Crippen molar-refractivity contribution in [3.05, 3.63) is 58.4 Å². The molecular weight excluding hydrogens is 499 g/mol. The van der Waals surface area contributed by atoms with Crippen LogP contribution in [-0.4, -0.2) is 57.1 Å². The van der Waals surface area contributed by atoms with Crippen molar-refractivity contribution in [2.75, 3.05) is 18.0 Å². The predicted molar refractivity (Wildman–Crippen MR) is 118 cm³/mol. The summed E-state index contributed by atoms with van der Waals surface area (Å²) in [5.74, 6) is -2.69. The Morgan fingerprint density at radius 3 is 2.57 bits per heavy atom. The van der Waals surface area contributed by atoms with E-state index in [1.54, 1.807) is 16.7 Å². The van der Waals surface area contributed by atoms with Crippen LogP contribution >= 0.6 is 11.6 Å². The number of hydrogen-bond donors (Lipinski definition) is 2. The molecule has 1 saturated heterocycles. The number of rotatable bonds is 3. The lowest BCUT2D eigenvalue weighted by molar-refractivity contribution is -0.192. The van der Waals surface area contributed by atoms with Crippen LogP contribution in [0.1, 0.15) is 12.1 Å². The summed E-state index contributed by atoms with van der Waals surface area (Å²) < 4.78 is 61.4. The van der Waals surface area contributed by atoms with Crippen molar-refractivity contribution in [1.82, 2.24) is 14.5 Å². The molecule has 3 N–H and O–H groups in total. The van der Waals surface area contributed by atoms with Crippen molar-refractivity contribution >= 4 is 40.2 Å². The Labute approximate surface area is 200 Å². The van der Waals surface area contributed by atoms with Gasteiger partial charge in [0, 0.05) is 19.3 Å². The monoisotopic (exact) mass is 516 g/mol. The second-order valence-corrected chi connectivity index (χ2v) is 8.00. The molecule has 3 heterocycles. The minimum atomic E-state index is -5.08. The first kappa shape index (κ1) is 26.1. The number of carbonyl (C=O) groups is 1. The fraction of sp³-hybridized carbons (Fsp3) is 0.333. The summed E-state index contributed by atoms with van der Waals surface area (Å²) in [4.78, 5) is 23.0. The highest BCUT2D eigenvalue weighted by molar-refractivity contribution is 6.35. The molecule has 2 aromatic heterocycles. The average Bonchev–Trinajstić information content (AvgIpc) is 3.14. The quantitative estimate of drug-likeness (QED) is 0.397. The zero-order valence-corrected chi connectivity index (χ0v) is 18.6. The van der Waals surface area contributed by atoms with Crippen LogP contribution in [0.5, 0.6) is 0 Å². The predicted octanol–water partition coefficient (Wildman–Crippen LogP) is 4.33. The van der Waals surface area contributed by atoms with Gasteiger partial charge >= 0.3 is 12.1 Å². The molecule has 1 fully saturated rings. The molecule has 35 heavy (non-hydrogen) atoms. The zero-order valence-electron chi connectivity index (χ0n) is 17.8. The summed E-state index contributed by atoms with van der Waals surface area (Å²) in [6.07, 6.45) is -4.36. The molecule has 0 radical (unpaired) electrons. The topological polar surface area (TPSA) is 102 Å². The van der Waals surface area contributed by atoms with Crippen molar-refractivity contribution in [1.29, 1.82) is 0 Å². The second kappa shape index (κ2) is 10.4. The number of nitrogens with zero attached hydrogens (tertiary/aromatic N) is 5. The molecule has 14 heteroatoms. The number of anilines is 1. The van der Waals surface area contributed by atoms with E-state index >= 15 is 0 Å². The Morgan fingerprint density at radius 1 is 1.34 bits per heavy atom. The average molecular weight is 517 g/mol. The fourth-order valence-electron chi connectivity index (χ4n) is 3.41. The molecule has 0 amide bonds. The molecular formula is C21H18ClF5N6O2. The van der Waals surface area contributed by atoms with E-state index < -0.39 is 30.2 Å². The number of piperidine rings is 1. The van der Waals surface area contributed by atoms with Gasteiger partial charge in [0.1, 0.15) is 17.5 Å². The number of imidazole rings is 1. The van der Waals surface area contributed by atoms with Gasteiger partial charge in [-0.1, -0.05) is 17.7 Å². The normalized spacial score (nSPS) is 18.1. The number of pyridine rings is 1. The molecule has 4 rings (SSSR count). The molecule has 1 aliphatic heterocycles. The molecule has 0 bridgehead atoms. The maximum absolute atomic E-state index is 14.0. The molecule has 1 aliphatic rings. The molecule has 186 valence electrons. The lowest BCUT2D eigenvalue weighted by atomic mass is 10.1. The minimum Gasteiger partial charge on any atom is -0.475 e. The van der Waals surface area contributed by atoms with Crippen LogP contribution in [0.4, 0.5) is 33.6 Å². The van der Waals surface area contributed by atoms with Gasteiger partial charge in [-0.25, -0.2) is 23.4 Å². The van der Waals surface area contributed by atoms with Gasteiger partial charge in [-0.2, -0.15) is 13.2 Å². The smallest absolute Gasteiger partial charge is 0.475 e. The van der Waals surface area contributed by atoms with Crippen LogP contribution in [0.25, 0.3) is 15.9 Å². The van der Waals surface area contributed by atoms with E-state index in [1.807, 2.05) is 4.90 Å². The standard InChI is InChI=1S/C19H17ClF2N6.C2HF3O2/c1-24-12-2-3-13(25-8-12)9-28-17-7-11(21)6-14(20)18(17)26-19(28)27-5-4-15(22)16(23)10-27;3-2(4,5)1(6)7/h2-3,6-8,15-16H,4-5,9-10,23H2;(H,6,7)/t15-,16-;/m1./s1. The molecule has 2 atom stereocenters. The molecule has 8 nitrogen and oxygen atoms in total. The highest BCUT2D eigenvalue weighted by Gasteiger charge is 2.38. The Bertz CT molecular complexity index is 1260. The van der Waals surface area contributed by atoms with Gasteiger partial charge in [0.2, 0.25) is 11.6 Å². The molecule has 3 aromatic rings. The first-order valence-corrected chi connectivity index (χ1v) is 10.4. The third-order valence-electron chi connectivity index (χ3n) is 5.11. The van der Waals surface area contributed by atoms with Crippen molar-refractivity contribution < 1.29 is 31.9 Å². The molecule has 0 unspecified atom stereocenters. The lowest BCUT2D eigenvalue weighted by Crippen LogP contribution is -2.50. The molecule has 0 saturated carbocycles. The van der Waals surface area contributed by atoms with E-state index in [2.05, 4.69) is 14.8 Å². The summed E-state index contributed by atoms with van der Waals surface area (Å²) in [7, 11) is 0. The number of carboxylic acid groups (broad SMARTS) is 1. The highest BCUT2D eigenvalue weighted by atomic mass is 35.5. The van der Waals surface area contributed by atoms with Crippen molar-refractivity contribution in [3.8, 4) is 0 Å². The zero-order chi connectivity index (χ0) is 25.9. The van der Waals surface area contributed by atoms with Crippen LogP contribution in [0.2, 0.25) is 5.02 Å². The molecule has 0 spiro atoms. The number of aliphatic carboxylic acids is 1. The maximum atomic E-state index is 14.0. The number of fused-ring (bicyclic) bond motifs is 1. The number of aromatic nitrogens is 3. The van der Waals surface area contributed by atoms with Gasteiger partial charge in [0.05, 0.1) is 35.4 Å². The summed E-state index contributed by atoms with van der Waals surface area (Å²) in [5.41, 5.74) is 8.01. The van der Waals surface area contributed by atoms with Crippen molar-refractivity contribution in [2.45, 2.75) is 31.4 Å². The van der Waals surface area contributed by atoms with Gasteiger partial charge in [0.15, 0.2) is 0 Å². The third-order valence-corrected chi connectivity index (χ3v) is 5.39. The number of carboxylic acids is 1. The first-order chi connectivity index (χ1) is 16.4. The lowest BCUT2D eigenvalue weighted by Gasteiger charge is -2.34. The van der Waals surface area contributed by atoms with Gasteiger partial charge in [0.25, 0.3) is 0 Å². The van der Waals surface area contributed by atoms with E-state index in [-0.39, 0.29) is 5.02 Å². The number of benzene rings is 1. The number of halogens is 6. The first-order valence-electron chi connectivity index (χ1n) is 10.0. The van der Waals surface area contributed by atoms with Crippen LogP contribution in [-0.2, 0) is 11.3 Å². The molecule has 1 aromatic carbocycles. The van der Waals surface area contributed by atoms with Crippen molar-refractivity contribution in [2.24, 2.45) is 5.73 Å². The summed E-state index contributed by atoms with van der Waals surface area (Å²) >= 11 is 6.21. The van der Waals surface area contributed by atoms with Gasteiger partial charge in [-0.3, -0.25) is 4.98 Å². The SMILES string of the molecule is O=C(O)C(F)(F)F.[C-]#[N+]c1ccc(Cn2c(N3CC[C@@H](F)[C@H](N)C3)nc3c(Cl)cc(F)cc32)nc1. The van der Waals surface area contributed by atoms with Crippen molar-refractivity contribution in [3.63, 3.8) is 0 Å². The Kier molecular flexibility index (Phi) is 7.76. The van der Waals surface area contributed by atoms with E-state index in [0.717, 1.165) is 0 Å². The van der Waals surface area contributed by atoms with E-state index in [9.17, 15) is 22.0 Å². The van der Waals surface area contributed by atoms with Gasteiger partial charge in [-0.15, -0.1) is 0 Å². The van der Waals surface area contributed by atoms with Crippen LogP contribution < -0.4 is 10.6 Å². The Morgan fingerprint density at radius 2 is 2.03 bits per heavy atom. The van der Waals surface area contributed by atoms with Gasteiger partial charge in [-0.05, 0) is 24.6 Å². The fourth-order valence-corrected chi connectivity index (χ4v) is 3.65. The number of nitrogens with two attached hydrogens (primary N) is 1. The van der Waals surface area contributed by atoms with Crippen LogP contribution in [0.3, 0.4) is 0 Å². The number of alkyl halides is 4. The van der Waals surface area contributed by atoms with Crippen LogP contribution in [0.15, 0.2) is 30.5 Å². The largest absolute Gasteiger partial charge is 0.490 e. The Balaban J connectivity index is 0.000000429. The number of hydrogen-bond acceptors (Lipinski definition) is 5. The highest BCUT2D eigenvalue weighted by Crippen LogP contribution is 2.31. The second-order valence-electron chi connectivity index (χ2n) is 7.59. The van der Waals surface area contributed by atoms with E-state index in [4.69, 9.17) is 33.8 Å². The summed E-state index contributed by atoms with van der Waals surface area (Å²) in [6.45, 7) is 8.08. The summed E-state index contributed by atoms with van der Waals surface area (Å²) in [5, 5.41) is 7.33. The summed E-state index contributed by atoms with van der Waals surface area (Å²) in [6, 6.07) is 5.38. The Hall–Kier alpha value is -3.50. The van der Waals surface area contributed by atoms with E-state index in [1.165, 1.54) is 18.3 Å². The molecule has 0 aliphatic carbocycles. The van der Waals surface area contributed by atoms with Gasteiger partial charge < -0.3 is 20.3 Å². The minimum absolute atomic E-state index is 0.205. The third kappa shape index (κ3) is 6.14.